The molecule has 3 aromatic carbocycles. The summed E-state index contributed by atoms with van der Waals surface area (Å²) in [5.74, 6) is 2.14. The fourth-order valence-electron chi connectivity index (χ4n) is 2.86. The van der Waals surface area contributed by atoms with E-state index in [1.165, 1.54) is 11.8 Å². The molecule has 0 heterocycles. The average Bonchev–Trinajstić information content (AvgIpc) is 2.80. The fourth-order valence-corrected chi connectivity index (χ4v) is 4.51. The largest absolute Gasteiger partial charge is 0.490 e. The lowest BCUT2D eigenvalue weighted by Crippen LogP contribution is -2.19. The molecular weight excluding hydrogens is 524 g/mol. The molecule has 1 amide bonds. The van der Waals surface area contributed by atoms with E-state index in [1.807, 2.05) is 73.7 Å². The van der Waals surface area contributed by atoms with Crippen LogP contribution in [0.15, 0.2) is 76.3 Å². The third-order valence-corrected chi connectivity index (χ3v) is 6.39. The monoisotopic (exact) mass is 546 g/mol. The van der Waals surface area contributed by atoms with E-state index in [0.717, 1.165) is 26.9 Å². The van der Waals surface area contributed by atoms with Crippen LogP contribution in [0.4, 0.5) is 0 Å². The minimum Gasteiger partial charge on any atom is -0.490 e. The third-order valence-electron chi connectivity index (χ3n) is 4.40. The zero-order valence-corrected chi connectivity index (χ0v) is 21.3. The smallest absolute Gasteiger partial charge is 0.250 e. The van der Waals surface area contributed by atoms with Gasteiger partial charge >= 0.3 is 0 Å². The highest BCUT2D eigenvalue weighted by Crippen LogP contribution is 2.29. The SMILES string of the molecule is CCOc1cc(/C=N\NC(=O)CSCc2ccccc2Br)ccc1OCc1cccc(Cl)c1. The molecule has 0 spiro atoms. The van der Waals surface area contributed by atoms with Crippen LogP contribution < -0.4 is 14.9 Å². The van der Waals surface area contributed by atoms with Gasteiger partial charge in [-0.25, -0.2) is 5.43 Å². The number of carbonyl (C=O) groups excluding carboxylic acids is 1. The van der Waals surface area contributed by atoms with Gasteiger partial charge in [-0.2, -0.15) is 5.10 Å². The Labute approximate surface area is 211 Å². The molecule has 0 atom stereocenters. The van der Waals surface area contributed by atoms with Crippen LogP contribution in [0.2, 0.25) is 5.02 Å². The zero-order chi connectivity index (χ0) is 23.5. The lowest BCUT2D eigenvalue weighted by molar-refractivity contribution is -0.118. The molecule has 8 heteroatoms. The van der Waals surface area contributed by atoms with E-state index in [1.54, 1.807) is 6.21 Å². The van der Waals surface area contributed by atoms with Gasteiger partial charge in [0.1, 0.15) is 6.61 Å². The van der Waals surface area contributed by atoms with E-state index in [9.17, 15) is 4.79 Å². The van der Waals surface area contributed by atoms with Crippen LogP contribution >= 0.6 is 39.3 Å². The standard InChI is InChI=1S/C25H24BrClN2O3S/c1-2-31-24-13-18(10-11-23(24)32-15-19-6-5-8-21(27)12-19)14-28-29-25(30)17-33-16-20-7-3-4-9-22(20)26/h3-14H,2,15-17H2,1H3,(H,29,30)/b28-14-. The quantitative estimate of drug-likeness (QED) is 0.221. The van der Waals surface area contributed by atoms with Gasteiger partial charge in [0.2, 0.25) is 5.91 Å². The lowest BCUT2D eigenvalue weighted by Gasteiger charge is -2.12. The highest BCUT2D eigenvalue weighted by molar-refractivity contribution is 9.10. The minimum atomic E-state index is -0.158. The van der Waals surface area contributed by atoms with Crippen molar-refractivity contribution in [1.82, 2.24) is 5.43 Å². The molecule has 0 bridgehead atoms. The molecule has 5 nitrogen and oxygen atoms in total. The van der Waals surface area contributed by atoms with E-state index in [4.69, 9.17) is 21.1 Å². The Bertz CT molecular complexity index is 1110. The van der Waals surface area contributed by atoms with E-state index < -0.39 is 0 Å². The average molecular weight is 548 g/mol. The van der Waals surface area contributed by atoms with Gasteiger partial charge in [-0.3, -0.25) is 4.79 Å². The summed E-state index contributed by atoms with van der Waals surface area (Å²) in [6, 6.07) is 21.0. The predicted molar refractivity (Wildman–Crippen MR) is 139 cm³/mol. The number of hydrogen-bond acceptors (Lipinski definition) is 5. The summed E-state index contributed by atoms with van der Waals surface area (Å²) < 4.78 is 12.7. The second kappa shape index (κ2) is 13.3. The number of amides is 1. The summed E-state index contributed by atoms with van der Waals surface area (Å²) in [4.78, 5) is 12.1. The predicted octanol–water partition coefficient (Wildman–Crippen LogP) is 6.46. The highest BCUT2D eigenvalue weighted by atomic mass is 79.9. The molecule has 0 aliphatic carbocycles. The number of hydrazone groups is 1. The van der Waals surface area contributed by atoms with Crippen molar-refractivity contribution in [1.29, 1.82) is 0 Å². The normalized spacial score (nSPS) is 10.9. The van der Waals surface area contributed by atoms with Crippen molar-refractivity contribution in [3.63, 3.8) is 0 Å². The summed E-state index contributed by atoms with van der Waals surface area (Å²) in [6.07, 6.45) is 1.58. The Hall–Kier alpha value is -2.48. The van der Waals surface area contributed by atoms with Gasteiger partial charge in [-0.05, 0) is 60.0 Å². The second-order valence-corrected chi connectivity index (χ2v) is 9.21. The van der Waals surface area contributed by atoms with Crippen LogP contribution in [0, 0.1) is 0 Å². The zero-order valence-electron chi connectivity index (χ0n) is 18.1. The molecule has 0 radical (unpaired) electrons. The van der Waals surface area contributed by atoms with E-state index >= 15 is 0 Å². The van der Waals surface area contributed by atoms with Crippen molar-refractivity contribution in [3.8, 4) is 11.5 Å². The number of nitrogens with one attached hydrogen (secondary N) is 1. The molecule has 0 fully saturated rings. The first kappa shape index (κ1) is 25.1. The number of benzene rings is 3. The van der Waals surface area contributed by atoms with Crippen LogP contribution in [-0.2, 0) is 17.2 Å². The Morgan fingerprint density at radius 2 is 1.94 bits per heavy atom. The Kier molecular flexibility index (Phi) is 10.1. The molecule has 0 unspecified atom stereocenters. The van der Waals surface area contributed by atoms with Crippen molar-refractivity contribution in [2.24, 2.45) is 5.10 Å². The van der Waals surface area contributed by atoms with Gasteiger partial charge in [0, 0.05) is 15.2 Å². The molecule has 33 heavy (non-hydrogen) atoms. The number of rotatable bonds is 11. The molecule has 0 aliphatic heterocycles. The summed E-state index contributed by atoms with van der Waals surface area (Å²) in [7, 11) is 0. The van der Waals surface area contributed by atoms with Gasteiger partial charge in [0.15, 0.2) is 11.5 Å². The lowest BCUT2D eigenvalue weighted by atomic mass is 10.2. The van der Waals surface area contributed by atoms with Crippen molar-refractivity contribution in [2.45, 2.75) is 19.3 Å². The Balaban J connectivity index is 1.51. The topological polar surface area (TPSA) is 59.9 Å². The number of nitrogens with zero attached hydrogens (tertiary/aromatic N) is 1. The fraction of sp³-hybridized carbons (Fsp3) is 0.200. The molecular formula is C25H24BrClN2O3S. The number of carbonyl (C=O) groups is 1. The molecule has 0 aromatic heterocycles. The number of thioether (sulfide) groups is 1. The summed E-state index contributed by atoms with van der Waals surface area (Å²) >= 11 is 11.1. The van der Waals surface area contributed by atoms with Gasteiger partial charge in [-0.1, -0.05) is 57.9 Å². The number of halogens is 2. The molecule has 0 saturated carbocycles. The van der Waals surface area contributed by atoms with Crippen LogP contribution in [-0.4, -0.2) is 24.5 Å². The van der Waals surface area contributed by atoms with Crippen molar-refractivity contribution >= 4 is 51.4 Å². The second-order valence-electron chi connectivity index (χ2n) is 6.94. The molecule has 1 N–H and O–H groups in total. The molecule has 3 rings (SSSR count). The molecule has 172 valence electrons. The third kappa shape index (κ3) is 8.42. The maximum absolute atomic E-state index is 12.1. The first-order valence-electron chi connectivity index (χ1n) is 10.3. The number of hydrogen-bond donors (Lipinski definition) is 1. The van der Waals surface area contributed by atoms with Gasteiger partial charge in [0.25, 0.3) is 0 Å². The summed E-state index contributed by atoms with van der Waals surface area (Å²) in [6.45, 7) is 2.79. The van der Waals surface area contributed by atoms with Crippen LogP contribution in [0.5, 0.6) is 11.5 Å². The maximum atomic E-state index is 12.1. The summed E-state index contributed by atoms with van der Waals surface area (Å²) in [5.41, 5.74) is 5.47. The van der Waals surface area contributed by atoms with Gasteiger partial charge < -0.3 is 9.47 Å². The van der Waals surface area contributed by atoms with Crippen LogP contribution in [0.1, 0.15) is 23.6 Å². The Morgan fingerprint density at radius 1 is 1.09 bits per heavy atom. The van der Waals surface area contributed by atoms with Crippen LogP contribution in [0.25, 0.3) is 0 Å². The molecule has 0 aliphatic rings. The molecule has 3 aromatic rings. The Morgan fingerprint density at radius 3 is 2.73 bits per heavy atom. The van der Waals surface area contributed by atoms with E-state index in [-0.39, 0.29) is 5.91 Å². The maximum Gasteiger partial charge on any atom is 0.250 e. The number of ether oxygens (including phenoxy) is 2. The van der Waals surface area contributed by atoms with E-state index in [0.29, 0.717) is 35.5 Å². The highest BCUT2D eigenvalue weighted by Gasteiger charge is 2.07. The van der Waals surface area contributed by atoms with Gasteiger partial charge in [0.05, 0.1) is 18.6 Å². The molecule has 0 saturated heterocycles. The van der Waals surface area contributed by atoms with Crippen molar-refractivity contribution in [2.75, 3.05) is 12.4 Å². The van der Waals surface area contributed by atoms with Gasteiger partial charge in [-0.15, -0.1) is 11.8 Å². The van der Waals surface area contributed by atoms with Crippen molar-refractivity contribution < 1.29 is 14.3 Å². The first-order valence-corrected chi connectivity index (χ1v) is 12.6. The summed E-state index contributed by atoms with van der Waals surface area (Å²) in [5, 5.41) is 4.73. The van der Waals surface area contributed by atoms with E-state index in [2.05, 4.69) is 26.5 Å². The first-order chi connectivity index (χ1) is 16.0. The van der Waals surface area contributed by atoms with Crippen LogP contribution in [0.3, 0.4) is 0 Å². The minimum absolute atomic E-state index is 0.158. The van der Waals surface area contributed by atoms with Crippen molar-refractivity contribution in [3.05, 3.63) is 92.9 Å².